The van der Waals surface area contributed by atoms with E-state index >= 15 is 0 Å². The van der Waals surface area contributed by atoms with Crippen molar-refractivity contribution in [3.63, 3.8) is 0 Å². The highest BCUT2D eigenvalue weighted by atomic mass is 32.2. The van der Waals surface area contributed by atoms with Crippen molar-refractivity contribution >= 4 is 16.9 Å². The van der Waals surface area contributed by atoms with E-state index in [0.29, 0.717) is 5.17 Å². The van der Waals surface area contributed by atoms with Gasteiger partial charge in [-0.2, -0.15) is 0 Å². The summed E-state index contributed by atoms with van der Waals surface area (Å²) in [6.45, 7) is 0. The molecule has 6 heteroatoms. The van der Waals surface area contributed by atoms with E-state index in [-0.39, 0.29) is 11.3 Å². The Bertz CT molecular complexity index is 883. The lowest BCUT2D eigenvalue weighted by Gasteiger charge is -2.26. The molecular weight excluding hydrogens is 330 g/mol. The first-order valence-electron chi connectivity index (χ1n) is 8.06. The summed E-state index contributed by atoms with van der Waals surface area (Å²) in [4.78, 5) is 17.3. The molecule has 0 amide bonds. The zero-order valence-corrected chi connectivity index (χ0v) is 14.3. The highest BCUT2D eigenvalue weighted by Crippen LogP contribution is 2.42. The number of aromatic nitrogens is 3. The van der Waals surface area contributed by atoms with Crippen molar-refractivity contribution in [1.29, 1.82) is 0 Å². The largest absolute Gasteiger partial charge is 0.379 e. The summed E-state index contributed by atoms with van der Waals surface area (Å²) >= 11 is 1.58. The van der Waals surface area contributed by atoms with Crippen molar-refractivity contribution in [3.05, 3.63) is 78.6 Å². The molecule has 4 rings (SSSR count). The van der Waals surface area contributed by atoms with E-state index in [1.807, 2.05) is 42.9 Å². The molecule has 0 saturated heterocycles. The molecule has 0 unspecified atom stereocenters. The molecule has 1 aromatic carbocycles. The Kier molecular flexibility index (Phi) is 4.43. The quantitative estimate of drug-likeness (QED) is 0.780. The zero-order valence-electron chi connectivity index (χ0n) is 13.5. The molecule has 25 heavy (non-hydrogen) atoms. The van der Waals surface area contributed by atoms with Crippen LogP contribution in [0.25, 0.3) is 11.1 Å². The second kappa shape index (κ2) is 7.03. The molecule has 2 atom stereocenters. The molecular formula is C19H17N5S. The Morgan fingerprint density at radius 2 is 1.88 bits per heavy atom. The van der Waals surface area contributed by atoms with Crippen LogP contribution in [0.15, 0.2) is 72.4 Å². The van der Waals surface area contributed by atoms with Gasteiger partial charge in [0.05, 0.1) is 17.0 Å². The molecule has 5 nitrogen and oxygen atoms in total. The standard InChI is InChI=1S/C19H17N5S/c20-19-24-17(9-18(25-19)16-6-1-2-7-23-16)14-5-3-4-13(8-14)15-10-21-12-22-11-15/h1-8,10-12,17-18H,9H2,(H2,20,24)/t17-,18-/m0/s1. The first kappa shape index (κ1) is 15.8. The maximum absolute atomic E-state index is 6.10. The first-order valence-corrected chi connectivity index (χ1v) is 8.94. The van der Waals surface area contributed by atoms with Gasteiger partial charge in [0.1, 0.15) is 6.33 Å². The minimum absolute atomic E-state index is 0.0258. The van der Waals surface area contributed by atoms with Crippen LogP contribution in [-0.2, 0) is 0 Å². The number of benzene rings is 1. The minimum atomic E-state index is 0.0258. The van der Waals surface area contributed by atoms with E-state index in [2.05, 4.69) is 38.1 Å². The number of rotatable bonds is 3. The third-order valence-electron chi connectivity index (χ3n) is 4.17. The molecule has 0 spiro atoms. The van der Waals surface area contributed by atoms with Gasteiger partial charge in [-0.1, -0.05) is 36.0 Å². The van der Waals surface area contributed by atoms with Crippen LogP contribution in [-0.4, -0.2) is 20.1 Å². The molecule has 2 aromatic heterocycles. The number of hydrogen-bond acceptors (Lipinski definition) is 6. The Labute approximate surface area is 150 Å². The number of amidine groups is 1. The number of thioether (sulfide) groups is 1. The summed E-state index contributed by atoms with van der Waals surface area (Å²) in [6, 6.07) is 14.4. The van der Waals surface area contributed by atoms with Crippen molar-refractivity contribution in [2.75, 3.05) is 0 Å². The molecule has 1 aliphatic rings. The third-order valence-corrected chi connectivity index (χ3v) is 5.23. The highest BCUT2D eigenvalue weighted by Gasteiger charge is 2.26. The SMILES string of the molecule is NC1=N[C@H](c2cccc(-c3cncnc3)c2)C[C@@H](c2ccccn2)S1. The van der Waals surface area contributed by atoms with Gasteiger partial charge >= 0.3 is 0 Å². The summed E-state index contributed by atoms with van der Waals surface area (Å²) < 4.78 is 0. The first-order chi connectivity index (χ1) is 12.3. The van der Waals surface area contributed by atoms with Crippen molar-refractivity contribution in [2.24, 2.45) is 10.7 Å². The fraction of sp³-hybridized carbons (Fsp3) is 0.158. The Hall–Kier alpha value is -2.73. The maximum atomic E-state index is 6.10. The molecule has 0 fully saturated rings. The van der Waals surface area contributed by atoms with Crippen LogP contribution in [0.5, 0.6) is 0 Å². The van der Waals surface area contributed by atoms with E-state index < -0.39 is 0 Å². The van der Waals surface area contributed by atoms with Crippen molar-refractivity contribution < 1.29 is 0 Å². The van der Waals surface area contributed by atoms with Crippen molar-refractivity contribution in [1.82, 2.24) is 15.0 Å². The third kappa shape index (κ3) is 3.53. The van der Waals surface area contributed by atoms with Crippen LogP contribution in [0, 0.1) is 0 Å². The lowest BCUT2D eigenvalue weighted by atomic mass is 9.97. The molecule has 124 valence electrons. The number of aliphatic imine (C=N–C) groups is 1. The zero-order chi connectivity index (χ0) is 17.1. The lowest BCUT2D eigenvalue weighted by molar-refractivity contribution is 0.632. The normalized spacial score (nSPS) is 20.1. The monoisotopic (exact) mass is 347 g/mol. The molecule has 3 aromatic rings. The predicted octanol–water partition coefficient (Wildman–Crippen LogP) is 3.77. The number of nitrogens with two attached hydrogens (primary N) is 1. The van der Waals surface area contributed by atoms with Gasteiger partial charge in [-0.05, 0) is 35.7 Å². The summed E-state index contributed by atoms with van der Waals surface area (Å²) in [5.74, 6) is 0. The molecule has 0 radical (unpaired) electrons. The van der Waals surface area contributed by atoms with Crippen molar-refractivity contribution in [3.8, 4) is 11.1 Å². The van der Waals surface area contributed by atoms with Gasteiger partial charge in [-0.25, -0.2) is 9.97 Å². The Morgan fingerprint density at radius 1 is 1.00 bits per heavy atom. The van der Waals surface area contributed by atoms with E-state index in [9.17, 15) is 0 Å². The molecule has 1 aliphatic heterocycles. The summed E-state index contributed by atoms with van der Waals surface area (Å²) in [6.07, 6.45) is 7.86. The number of hydrogen-bond donors (Lipinski definition) is 1. The second-order valence-corrected chi connectivity index (χ2v) is 7.06. The lowest BCUT2D eigenvalue weighted by Crippen LogP contribution is -2.19. The van der Waals surface area contributed by atoms with Crippen LogP contribution in [0.2, 0.25) is 0 Å². The average molecular weight is 347 g/mol. The van der Waals surface area contributed by atoms with Gasteiger partial charge in [0, 0.05) is 24.2 Å². The van der Waals surface area contributed by atoms with Crippen LogP contribution in [0.4, 0.5) is 0 Å². The van der Waals surface area contributed by atoms with Gasteiger partial charge < -0.3 is 5.73 Å². The summed E-state index contributed by atoms with van der Waals surface area (Å²) in [5.41, 5.74) is 10.4. The molecule has 3 heterocycles. The van der Waals surface area contributed by atoms with E-state index in [1.165, 1.54) is 6.33 Å². The maximum Gasteiger partial charge on any atom is 0.155 e. The summed E-state index contributed by atoms with van der Waals surface area (Å²) in [5, 5.41) is 0.827. The highest BCUT2D eigenvalue weighted by molar-refractivity contribution is 8.14. The van der Waals surface area contributed by atoms with Crippen molar-refractivity contribution in [2.45, 2.75) is 17.7 Å². The van der Waals surface area contributed by atoms with Crippen LogP contribution < -0.4 is 5.73 Å². The van der Waals surface area contributed by atoms with Gasteiger partial charge in [-0.15, -0.1) is 0 Å². The van der Waals surface area contributed by atoms with Crippen LogP contribution >= 0.6 is 11.8 Å². The Balaban J connectivity index is 1.64. The van der Waals surface area contributed by atoms with Gasteiger partial charge in [0.15, 0.2) is 5.17 Å². The smallest absolute Gasteiger partial charge is 0.155 e. The number of pyridine rings is 1. The fourth-order valence-corrected chi connectivity index (χ4v) is 3.98. The number of nitrogens with zero attached hydrogens (tertiary/aromatic N) is 4. The second-order valence-electron chi connectivity index (χ2n) is 5.83. The molecule has 0 bridgehead atoms. The summed E-state index contributed by atoms with van der Waals surface area (Å²) in [7, 11) is 0. The minimum Gasteiger partial charge on any atom is -0.379 e. The van der Waals surface area contributed by atoms with Gasteiger partial charge in [-0.3, -0.25) is 9.98 Å². The molecule has 0 aliphatic carbocycles. The van der Waals surface area contributed by atoms with E-state index in [4.69, 9.17) is 5.73 Å². The fourth-order valence-electron chi connectivity index (χ4n) is 2.97. The van der Waals surface area contributed by atoms with Gasteiger partial charge in [0.25, 0.3) is 0 Å². The Morgan fingerprint density at radius 3 is 2.68 bits per heavy atom. The average Bonchev–Trinajstić information content (AvgIpc) is 2.69. The van der Waals surface area contributed by atoms with Gasteiger partial charge in [0.2, 0.25) is 0 Å². The molecule has 0 saturated carbocycles. The van der Waals surface area contributed by atoms with E-state index in [0.717, 1.165) is 28.8 Å². The predicted molar refractivity (Wildman–Crippen MR) is 101 cm³/mol. The molecule has 2 N–H and O–H groups in total. The van der Waals surface area contributed by atoms with E-state index in [1.54, 1.807) is 11.8 Å². The van der Waals surface area contributed by atoms with Crippen LogP contribution in [0.3, 0.4) is 0 Å². The topological polar surface area (TPSA) is 77.0 Å². The van der Waals surface area contributed by atoms with Crippen LogP contribution in [0.1, 0.15) is 29.0 Å².